The van der Waals surface area contributed by atoms with Crippen LogP contribution in [0.1, 0.15) is 20.3 Å². The average molecular weight is 216 g/mol. The fraction of sp³-hybridized carbons (Fsp3) is 0.500. The first-order valence-corrected chi connectivity index (χ1v) is 4.81. The summed E-state index contributed by atoms with van der Waals surface area (Å²) in [6.07, 6.45) is 3.84. The Bertz CT molecular complexity index is 320. The van der Waals surface area contributed by atoms with Crippen LogP contribution >= 0.6 is 11.6 Å². The number of hydrogen-bond donors (Lipinski definition) is 1. The van der Waals surface area contributed by atoms with E-state index in [1.165, 1.54) is 6.20 Å². The van der Waals surface area contributed by atoms with Crippen LogP contribution in [-0.4, -0.2) is 18.1 Å². The van der Waals surface area contributed by atoms with E-state index in [0.29, 0.717) is 5.90 Å². The zero-order valence-electron chi connectivity index (χ0n) is 8.54. The second-order valence-electron chi connectivity index (χ2n) is 3.42. The molecular formula is C10H14ClNO2. The van der Waals surface area contributed by atoms with E-state index in [9.17, 15) is 5.11 Å². The first-order valence-electron chi connectivity index (χ1n) is 4.43. The van der Waals surface area contributed by atoms with E-state index in [4.69, 9.17) is 16.3 Å². The van der Waals surface area contributed by atoms with Gasteiger partial charge < -0.3 is 9.84 Å². The quantitative estimate of drug-likeness (QED) is 0.731. The van der Waals surface area contributed by atoms with E-state index >= 15 is 0 Å². The molecule has 0 aromatic carbocycles. The zero-order chi connectivity index (χ0) is 10.8. The fourth-order valence-corrected chi connectivity index (χ4v) is 1.40. The summed E-state index contributed by atoms with van der Waals surface area (Å²) in [5.41, 5.74) is -0.397. The molecule has 0 aliphatic carbocycles. The number of ether oxygens (including phenoxy) is 1. The van der Waals surface area contributed by atoms with E-state index in [1.54, 1.807) is 13.2 Å². The van der Waals surface area contributed by atoms with Crippen molar-refractivity contribution in [2.45, 2.75) is 20.3 Å². The predicted octanol–water partition coefficient (Wildman–Crippen LogP) is 2.98. The van der Waals surface area contributed by atoms with E-state index < -0.39 is 5.41 Å². The van der Waals surface area contributed by atoms with Gasteiger partial charge in [-0.3, -0.25) is 0 Å². The Labute approximate surface area is 88.7 Å². The van der Waals surface area contributed by atoms with E-state index in [1.807, 2.05) is 13.8 Å². The molecule has 1 aliphatic heterocycles. The van der Waals surface area contributed by atoms with Crippen LogP contribution in [-0.2, 0) is 4.74 Å². The summed E-state index contributed by atoms with van der Waals surface area (Å²) >= 11 is 5.76. The molecule has 0 saturated heterocycles. The van der Waals surface area contributed by atoms with Crippen LogP contribution in [0.4, 0.5) is 0 Å². The molecule has 3 nitrogen and oxygen atoms in total. The summed E-state index contributed by atoms with van der Waals surface area (Å²) in [5.74, 6) is 0.606. The Balaban J connectivity index is 3.19. The second kappa shape index (κ2) is 4.05. The van der Waals surface area contributed by atoms with Crippen molar-refractivity contribution in [3.8, 4) is 0 Å². The summed E-state index contributed by atoms with van der Waals surface area (Å²) < 4.78 is 5.17. The molecule has 1 atom stereocenters. The highest BCUT2D eigenvalue weighted by Gasteiger charge is 2.30. The number of methoxy groups -OCH3 is 1. The summed E-state index contributed by atoms with van der Waals surface area (Å²) in [7, 11) is 1.56. The molecule has 0 saturated carbocycles. The number of allylic oxidation sites excluding steroid dienone is 1. The van der Waals surface area contributed by atoms with Gasteiger partial charge in [0.2, 0.25) is 0 Å². The van der Waals surface area contributed by atoms with Gasteiger partial charge in [0.1, 0.15) is 10.8 Å². The van der Waals surface area contributed by atoms with Gasteiger partial charge in [-0.15, -0.1) is 0 Å². The van der Waals surface area contributed by atoms with Crippen molar-refractivity contribution in [1.82, 2.24) is 0 Å². The molecule has 0 radical (unpaired) electrons. The summed E-state index contributed by atoms with van der Waals surface area (Å²) in [6, 6.07) is 0. The highest BCUT2D eigenvalue weighted by Crippen LogP contribution is 2.31. The van der Waals surface area contributed by atoms with Gasteiger partial charge in [0.15, 0.2) is 5.90 Å². The van der Waals surface area contributed by atoms with Crippen molar-refractivity contribution in [3.05, 3.63) is 23.1 Å². The van der Waals surface area contributed by atoms with Gasteiger partial charge in [0, 0.05) is 0 Å². The number of aliphatic hydroxyl groups is 1. The number of halogens is 1. The van der Waals surface area contributed by atoms with Crippen molar-refractivity contribution < 1.29 is 9.84 Å². The lowest BCUT2D eigenvalue weighted by molar-refractivity contribution is 0.331. The third-order valence-corrected chi connectivity index (χ3v) is 2.70. The SMILES string of the molecule is CCC1(C)C=C(O)C(Cl)=CN=C1OC. The molecule has 0 aromatic rings. The van der Waals surface area contributed by atoms with Gasteiger partial charge in [-0.2, -0.15) is 0 Å². The van der Waals surface area contributed by atoms with Crippen LogP contribution in [0.25, 0.3) is 0 Å². The molecule has 0 bridgehead atoms. The predicted molar refractivity (Wildman–Crippen MR) is 57.5 cm³/mol. The maximum atomic E-state index is 9.57. The summed E-state index contributed by atoms with van der Waals surface area (Å²) in [5, 5.41) is 9.80. The number of aliphatic imine (C=N–C) groups is 1. The monoisotopic (exact) mass is 215 g/mol. The molecule has 1 aliphatic rings. The highest BCUT2D eigenvalue weighted by molar-refractivity contribution is 6.31. The lowest BCUT2D eigenvalue weighted by atomic mass is 9.86. The van der Waals surface area contributed by atoms with E-state index in [0.717, 1.165) is 6.42 Å². The largest absolute Gasteiger partial charge is 0.507 e. The number of nitrogens with zero attached hydrogens (tertiary/aromatic N) is 1. The first-order chi connectivity index (χ1) is 6.53. The normalized spacial score (nSPS) is 27.3. The van der Waals surface area contributed by atoms with Crippen LogP contribution in [0, 0.1) is 5.41 Å². The standard InChI is InChI=1S/C10H14ClNO2/c1-4-10(2)5-8(13)7(11)6-12-9(10)14-3/h5-6,13H,4H2,1-3H3. The molecule has 1 heterocycles. The first kappa shape index (κ1) is 11.1. The Hall–Kier alpha value is -0.960. The van der Waals surface area contributed by atoms with Crippen LogP contribution in [0.5, 0.6) is 0 Å². The van der Waals surface area contributed by atoms with Gasteiger partial charge in [0.25, 0.3) is 0 Å². The fourth-order valence-electron chi connectivity index (χ4n) is 1.30. The summed E-state index contributed by atoms with van der Waals surface area (Å²) in [4.78, 5) is 4.09. The Morgan fingerprint density at radius 2 is 2.29 bits per heavy atom. The molecule has 1 N–H and O–H groups in total. The van der Waals surface area contributed by atoms with Crippen molar-refractivity contribution in [3.63, 3.8) is 0 Å². The highest BCUT2D eigenvalue weighted by atomic mass is 35.5. The van der Waals surface area contributed by atoms with Crippen LogP contribution in [0.2, 0.25) is 0 Å². The zero-order valence-corrected chi connectivity index (χ0v) is 9.30. The van der Waals surface area contributed by atoms with Crippen molar-refractivity contribution in [1.29, 1.82) is 0 Å². The lowest BCUT2D eigenvalue weighted by Crippen LogP contribution is -2.26. The van der Waals surface area contributed by atoms with Crippen LogP contribution < -0.4 is 0 Å². The van der Waals surface area contributed by atoms with Gasteiger partial charge in [-0.05, 0) is 19.4 Å². The maximum Gasteiger partial charge on any atom is 0.197 e. The molecule has 0 spiro atoms. The molecule has 0 fully saturated rings. The third kappa shape index (κ3) is 1.93. The minimum atomic E-state index is -0.397. The van der Waals surface area contributed by atoms with Crippen molar-refractivity contribution >= 4 is 17.5 Å². The maximum absolute atomic E-state index is 9.57. The number of hydrogen-bond acceptors (Lipinski definition) is 3. The molecule has 1 unspecified atom stereocenters. The Kier molecular flexibility index (Phi) is 3.21. The summed E-state index contributed by atoms with van der Waals surface area (Å²) in [6.45, 7) is 3.94. The number of rotatable bonds is 1. The third-order valence-electron chi connectivity index (χ3n) is 2.41. The topological polar surface area (TPSA) is 41.8 Å². The Morgan fingerprint density at radius 3 is 2.79 bits per heavy atom. The van der Waals surface area contributed by atoms with Gasteiger partial charge in [-0.1, -0.05) is 18.5 Å². The smallest absolute Gasteiger partial charge is 0.197 e. The van der Waals surface area contributed by atoms with Crippen LogP contribution in [0.15, 0.2) is 28.1 Å². The molecule has 1 rings (SSSR count). The average Bonchev–Trinajstić information content (AvgIpc) is 2.27. The number of aliphatic hydroxyl groups excluding tert-OH is 1. The van der Waals surface area contributed by atoms with E-state index in [2.05, 4.69) is 4.99 Å². The lowest BCUT2D eigenvalue weighted by Gasteiger charge is -2.23. The van der Waals surface area contributed by atoms with Gasteiger partial charge in [0.05, 0.1) is 18.7 Å². The van der Waals surface area contributed by atoms with Crippen LogP contribution in [0.3, 0.4) is 0 Å². The minimum absolute atomic E-state index is 0.0480. The van der Waals surface area contributed by atoms with Crippen molar-refractivity contribution in [2.75, 3.05) is 7.11 Å². The second-order valence-corrected chi connectivity index (χ2v) is 3.82. The molecule has 4 heteroatoms. The molecule has 0 aromatic heterocycles. The Morgan fingerprint density at radius 1 is 1.64 bits per heavy atom. The molecule has 0 amide bonds. The molecular weight excluding hydrogens is 202 g/mol. The molecule has 78 valence electrons. The van der Waals surface area contributed by atoms with Gasteiger partial charge >= 0.3 is 0 Å². The molecule has 14 heavy (non-hydrogen) atoms. The van der Waals surface area contributed by atoms with Crippen molar-refractivity contribution in [2.24, 2.45) is 10.4 Å². The van der Waals surface area contributed by atoms with E-state index in [-0.39, 0.29) is 10.8 Å². The minimum Gasteiger partial charge on any atom is -0.507 e. The van der Waals surface area contributed by atoms with Gasteiger partial charge in [-0.25, -0.2) is 4.99 Å².